The fourth-order valence-electron chi connectivity index (χ4n) is 1.03. The third-order valence-corrected chi connectivity index (χ3v) is 2.40. The number of hydrogen-bond acceptors (Lipinski definition) is 2. The average Bonchev–Trinajstić information content (AvgIpc) is 1.82. The van der Waals surface area contributed by atoms with Gasteiger partial charge in [-0.2, -0.15) is 0 Å². The minimum absolute atomic E-state index is 0. The Bertz CT molecular complexity index is 214. The molecule has 0 aliphatic carbocycles. The zero-order valence-corrected chi connectivity index (χ0v) is 11.3. The molecule has 80 valence electrons. The van der Waals surface area contributed by atoms with E-state index < -0.39 is 23.8 Å². The second kappa shape index (κ2) is 5.93. The standard InChI is InChI=1S/C9H16O4.Ca.2H/c1-5(9(2,3)4)6(7(10)11)8(12)13;;;/h5-6H,1-4H3,(H,10,11)(H,12,13);;;/q;+2;2*-1. The maximum absolute atomic E-state index is 10.6. The molecule has 14 heavy (non-hydrogen) atoms. The zero-order chi connectivity index (χ0) is 10.8. The fourth-order valence-corrected chi connectivity index (χ4v) is 1.03. The van der Waals surface area contributed by atoms with Crippen molar-refractivity contribution in [3.05, 3.63) is 0 Å². The minimum atomic E-state index is -1.32. The van der Waals surface area contributed by atoms with Gasteiger partial charge in [-0.3, -0.25) is 9.59 Å². The molecular formula is C9H18CaO4. The van der Waals surface area contributed by atoms with E-state index in [9.17, 15) is 9.59 Å². The second-order valence-corrected chi connectivity index (χ2v) is 4.31. The van der Waals surface area contributed by atoms with Crippen LogP contribution in [0.25, 0.3) is 0 Å². The molecule has 5 heteroatoms. The summed E-state index contributed by atoms with van der Waals surface area (Å²) < 4.78 is 0. The molecule has 0 saturated carbocycles. The summed E-state index contributed by atoms with van der Waals surface area (Å²) in [5.74, 6) is -4.26. The smallest absolute Gasteiger partial charge is 1.00 e. The van der Waals surface area contributed by atoms with E-state index in [-0.39, 0.29) is 46.0 Å². The molecule has 0 aromatic rings. The van der Waals surface area contributed by atoms with Gasteiger partial charge in [0, 0.05) is 0 Å². The van der Waals surface area contributed by atoms with Gasteiger partial charge in [0.2, 0.25) is 0 Å². The molecule has 0 rings (SSSR count). The van der Waals surface area contributed by atoms with E-state index in [0.29, 0.717) is 0 Å². The molecule has 0 amide bonds. The molecule has 0 aliphatic heterocycles. The number of hydrogen-bond donors (Lipinski definition) is 2. The first-order chi connectivity index (χ1) is 5.68. The summed E-state index contributed by atoms with van der Waals surface area (Å²) in [6.45, 7) is 7.14. The average molecular weight is 230 g/mol. The van der Waals surface area contributed by atoms with E-state index in [1.54, 1.807) is 6.92 Å². The molecule has 0 heterocycles. The summed E-state index contributed by atoms with van der Waals surface area (Å²) in [6.07, 6.45) is 0. The van der Waals surface area contributed by atoms with Gasteiger partial charge in [-0.1, -0.05) is 27.7 Å². The van der Waals surface area contributed by atoms with Crippen molar-refractivity contribution in [2.24, 2.45) is 17.3 Å². The van der Waals surface area contributed by atoms with E-state index in [0.717, 1.165) is 0 Å². The molecule has 0 aromatic heterocycles. The Kier molecular flexibility index (Phi) is 7.04. The van der Waals surface area contributed by atoms with Crippen molar-refractivity contribution in [1.29, 1.82) is 0 Å². The number of aliphatic carboxylic acids is 2. The van der Waals surface area contributed by atoms with Gasteiger partial charge in [-0.05, 0) is 11.3 Å². The maximum atomic E-state index is 10.6. The van der Waals surface area contributed by atoms with Crippen LogP contribution in [-0.4, -0.2) is 59.9 Å². The van der Waals surface area contributed by atoms with E-state index in [2.05, 4.69) is 0 Å². The maximum Gasteiger partial charge on any atom is 2.00 e. The molecule has 4 nitrogen and oxygen atoms in total. The van der Waals surface area contributed by atoms with Crippen LogP contribution >= 0.6 is 0 Å². The molecule has 0 aliphatic rings. The number of carboxylic acid groups (broad SMARTS) is 2. The van der Waals surface area contributed by atoms with Crippen molar-refractivity contribution < 1.29 is 22.7 Å². The molecule has 0 aromatic carbocycles. The second-order valence-electron chi connectivity index (χ2n) is 4.31. The van der Waals surface area contributed by atoms with Gasteiger partial charge in [-0.15, -0.1) is 0 Å². The summed E-state index contributed by atoms with van der Waals surface area (Å²) in [5, 5.41) is 17.4. The largest absolute Gasteiger partial charge is 2.00 e. The zero-order valence-electron chi connectivity index (χ0n) is 11.1. The van der Waals surface area contributed by atoms with Crippen LogP contribution in [0.3, 0.4) is 0 Å². The summed E-state index contributed by atoms with van der Waals surface area (Å²) in [7, 11) is 0. The van der Waals surface area contributed by atoms with Crippen molar-refractivity contribution >= 4 is 49.7 Å². The van der Waals surface area contributed by atoms with Crippen LogP contribution in [0.4, 0.5) is 0 Å². The Morgan fingerprint density at radius 2 is 1.43 bits per heavy atom. The van der Waals surface area contributed by atoms with Crippen LogP contribution in [0.2, 0.25) is 0 Å². The normalized spacial score (nSPS) is 13.2. The third-order valence-electron chi connectivity index (χ3n) is 2.40. The molecule has 1 unspecified atom stereocenters. The van der Waals surface area contributed by atoms with Gasteiger partial charge in [0.15, 0.2) is 5.92 Å². The molecular weight excluding hydrogens is 212 g/mol. The van der Waals surface area contributed by atoms with Crippen LogP contribution in [0, 0.1) is 17.3 Å². The Labute approximate surface area is 117 Å². The van der Waals surface area contributed by atoms with Gasteiger partial charge in [0.25, 0.3) is 0 Å². The van der Waals surface area contributed by atoms with Crippen molar-refractivity contribution in [3.63, 3.8) is 0 Å². The van der Waals surface area contributed by atoms with Gasteiger partial charge in [0.1, 0.15) is 0 Å². The topological polar surface area (TPSA) is 74.6 Å². The summed E-state index contributed by atoms with van der Waals surface area (Å²) >= 11 is 0. The molecule has 0 saturated heterocycles. The fraction of sp³-hybridized carbons (Fsp3) is 0.778. The van der Waals surface area contributed by atoms with Gasteiger partial charge in [0.05, 0.1) is 0 Å². The van der Waals surface area contributed by atoms with Crippen LogP contribution in [-0.2, 0) is 9.59 Å². The van der Waals surface area contributed by atoms with Crippen molar-refractivity contribution in [2.45, 2.75) is 27.7 Å². The Morgan fingerprint density at radius 3 is 1.50 bits per heavy atom. The van der Waals surface area contributed by atoms with E-state index in [4.69, 9.17) is 10.2 Å². The van der Waals surface area contributed by atoms with Crippen LogP contribution in [0.1, 0.15) is 30.5 Å². The van der Waals surface area contributed by atoms with Gasteiger partial charge in [-0.25, -0.2) is 0 Å². The molecule has 0 fully saturated rings. The van der Waals surface area contributed by atoms with Crippen molar-refractivity contribution in [1.82, 2.24) is 0 Å². The molecule has 0 spiro atoms. The predicted molar refractivity (Wildman–Crippen MR) is 55.4 cm³/mol. The van der Waals surface area contributed by atoms with Crippen LogP contribution < -0.4 is 0 Å². The Morgan fingerprint density at radius 1 is 1.14 bits per heavy atom. The Hall–Kier alpha value is 0.200. The first-order valence-electron chi connectivity index (χ1n) is 4.13. The molecule has 0 radical (unpaired) electrons. The van der Waals surface area contributed by atoms with Crippen LogP contribution in [0.15, 0.2) is 0 Å². The Balaban J connectivity index is -0.000000240. The van der Waals surface area contributed by atoms with Gasteiger partial charge >= 0.3 is 49.7 Å². The quantitative estimate of drug-likeness (QED) is 0.566. The number of carbonyl (C=O) groups is 2. The first kappa shape index (κ1) is 16.6. The molecule has 1 atom stereocenters. The van der Waals surface area contributed by atoms with E-state index in [1.165, 1.54) is 0 Å². The van der Waals surface area contributed by atoms with Gasteiger partial charge < -0.3 is 13.1 Å². The first-order valence-corrected chi connectivity index (χ1v) is 4.13. The minimum Gasteiger partial charge on any atom is -1.00 e. The number of rotatable bonds is 3. The summed E-state index contributed by atoms with van der Waals surface area (Å²) in [6, 6.07) is 0. The number of carboxylic acids is 2. The summed E-state index contributed by atoms with van der Waals surface area (Å²) in [4.78, 5) is 21.3. The van der Waals surface area contributed by atoms with Crippen molar-refractivity contribution in [3.8, 4) is 0 Å². The monoisotopic (exact) mass is 230 g/mol. The SMILES string of the molecule is CC(C(C(=O)O)C(=O)O)C(C)(C)C.[Ca+2].[H-].[H-]. The van der Waals surface area contributed by atoms with Crippen LogP contribution in [0.5, 0.6) is 0 Å². The third kappa shape index (κ3) is 4.62. The van der Waals surface area contributed by atoms with E-state index in [1.807, 2.05) is 20.8 Å². The summed E-state index contributed by atoms with van der Waals surface area (Å²) in [5.41, 5.74) is -0.318. The van der Waals surface area contributed by atoms with E-state index >= 15 is 0 Å². The van der Waals surface area contributed by atoms with Crippen molar-refractivity contribution in [2.75, 3.05) is 0 Å². The molecule has 0 bridgehead atoms. The molecule has 2 N–H and O–H groups in total. The predicted octanol–water partition coefficient (Wildman–Crippen LogP) is 1.30.